The molecule has 1 heterocycles. The van der Waals surface area contributed by atoms with Gasteiger partial charge in [0.15, 0.2) is 0 Å². The van der Waals surface area contributed by atoms with Gasteiger partial charge in [-0.15, -0.1) is 44.6 Å². The lowest BCUT2D eigenvalue weighted by Crippen LogP contribution is -2.07. The highest BCUT2D eigenvalue weighted by molar-refractivity contribution is 7.64. The van der Waals surface area contributed by atoms with Crippen molar-refractivity contribution in [2.24, 2.45) is 0 Å². The number of halogens is 3. The van der Waals surface area contributed by atoms with Crippen molar-refractivity contribution in [2.45, 2.75) is 115 Å². The molecule has 27 heavy (non-hydrogen) atoms. The van der Waals surface area contributed by atoms with Gasteiger partial charge in [0.2, 0.25) is 0 Å². The maximum absolute atomic E-state index is 5.89. The number of unbranched alkanes of at least 4 members (excludes halogenated alkanes) is 13. The van der Waals surface area contributed by atoms with E-state index in [9.17, 15) is 0 Å². The Hall–Kier alpha value is 0.787. The van der Waals surface area contributed by atoms with Crippen molar-refractivity contribution in [3.05, 3.63) is 22.4 Å². The van der Waals surface area contributed by atoms with Crippen LogP contribution in [0.5, 0.6) is 0 Å². The Labute approximate surface area is 187 Å². The monoisotopic (exact) mass is 468 g/mol. The molecule has 0 saturated heterocycles. The molecule has 1 aromatic rings. The SMILES string of the molecule is CC(CCCCCCCCCCCCCCCC[Si](Cl)(Cl)Cl)c1cccs1. The van der Waals surface area contributed by atoms with Gasteiger partial charge in [-0.1, -0.05) is 103 Å². The molecule has 0 radical (unpaired) electrons. The topological polar surface area (TPSA) is 0 Å². The fourth-order valence-electron chi connectivity index (χ4n) is 3.61. The van der Waals surface area contributed by atoms with Crippen LogP contribution in [0.2, 0.25) is 6.04 Å². The molecule has 0 N–H and O–H groups in total. The van der Waals surface area contributed by atoms with Crippen LogP contribution >= 0.6 is 44.6 Å². The van der Waals surface area contributed by atoms with Crippen molar-refractivity contribution in [2.75, 3.05) is 0 Å². The van der Waals surface area contributed by atoms with Crippen molar-refractivity contribution < 1.29 is 0 Å². The number of hydrogen-bond donors (Lipinski definition) is 0. The third kappa shape index (κ3) is 16.3. The molecule has 0 aromatic carbocycles. The van der Waals surface area contributed by atoms with E-state index in [1.54, 1.807) is 4.88 Å². The molecule has 0 spiro atoms. The highest BCUT2D eigenvalue weighted by Gasteiger charge is 2.23. The van der Waals surface area contributed by atoms with E-state index < -0.39 is 6.00 Å². The van der Waals surface area contributed by atoms with Crippen molar-refractivity contribution in [3.63, 3.8) is 0 Å². The lowest BCUT2D eigenvalue weighted by molar-refractivity contribution is 0.525. The first-order chi connectivity index (χ1) is 13.0. The molecule has 1 rings (SSSR count). The highest BCUT2D eigenvalue weighted by Crippen LogP contribution is 2.28. The minimum atomic E-state index is -2.36. The van der Waals surface area contributed by atoms with Crippen LogP contribution in [0.25, 0.3) is 0 Å². The van der Waals surface area contributed by atoms with E-state index >= 15 is 0 Å². The number of rotatable bonds is 18. The van der Waals surface area contributed by atoms with Crippen LogP contribution in [-0.4, -0.2) is 6.00 Å². The first-order valence-electron chi connectivity index (χ1n) is 11.1. The quantitative estimate of drug-likeness (QED) is 0.114. The summed E-state index contributed by atoms with van der Waals surface area (Å²) in [7, 11) is 0. The van der Waals surface area contributed by atoms with Gasteiger partial charge in [0, 0.05) is 4.88 Å². The van der Waals surface area contributed by atoms with Crippen molar-refractivity contribution >= 4 is 50.6 Å². The standard InChI is InChI=1S/C22H39Cl3SSi/c1-21(22-18-16-19-26-22)17-14-12-10-8-6-4-2-3-5-7-9-11-13-15-20-27(23,24)25/h16,18-19,21H,2-15,17,20H2,1H3. The van der Waals surface area contributed by atoms with E-state index in [1.807, 2.05) is 11.3 Å². The fourth-order valence-corrected chi connectivity index (χ4v) is 6.29. The second-order valence-electron chi connectivity index (χ2n) is 8.02. The lowest BCUT2D eigenvalue weighted by Gasteiger charge is -2.08. The molecule has 1 aromatic heterocycles. The molecule has 5 heteroatoms. The summed E-state index contributed by atoms with van der Waals surface area (Å²) < 4.78 is 0. The molecule has 1 unspecified atom stereocenters. The van der Waals surface area contributed by atoms with Crippen molar-refractivity contribution in [3.8, 4) is 0 Å². The summed E-state index contributed by atoms with van der Waals surface area (Å²) in [5, 5.41) is 2.20. The second-order valence-corrected chi connectivity index (χ2v) is 18.3. The van der Waals surface area contributed by atoms with Crippen LogP contribution in [0.3, 0.4) is 0 Å². The number of hydrogen-bond acceptors (Lipinski definition) is 1. The zero-order chi connectivity index (χ0) is 19.8. The molecule has 1 atom stereocenters. The Kier molecular flexibility index (Phi) is 15.8. The van der Waals surface area contributed by atoms with Crippen LogP contribution in [0.1, 0.15) is 114 Å². The average Bonchev–Trinajstić information content (AvgIpc) is 3.15. The zero-order valence-electron chi connectivity index (χ0n) is 17.2. The van der Waals surface area contributed by atoms with Crippen LogP contribution in [-0.2, 0) is 0 Å². The minimum absolute atomic E-state index is 0.751. The second kappa shape index (κ2) is 16.6. The predicted molar refractivity (Wildman–Crippen MR) is 130 cm³/mol. The molecule has 0 aliphatic carbocycles. The van der Waals surface area contributed by atoms with Crippen molar-refractivity contribution in [1.82, 2.24) is 0 Å². The van der Waals surface area contributed by atoms with Gasteiger partial charge in [-0.05, 0) is 29.8 Å². The smallest absolute Gasteiger partial charge is 0.149 e. The van der Waals surface area contributed by atoms with Gasteiger partial charge in [-0.2, -0.15) is 0 Å². The summed E-state index contributed by atoms with van der Waals surface area (Å²) in [5.74, 6) is 0.751. The third-order valence-corrected chi connectivity index (χ3v) is 9.10. The Morgan fingerprint density at radius 1 is 0.741 bits per heavy atom. The molecular weight excluding hydrogens is 431 g/mol. The average molecular weight is 470 g/mol. The van der Waals surface area contributed by atoms with E-state index in [0.717, 1.165) is 18.4 Å². The first-order valence-corrected chi connectivity index (χ1v) is 17.2. The summed E-state index contributed by atoms with van der Waals surface area (Å²) in [4.78, 5) is 1.56. The Balaban J connectivity index is 1.73. The summed E-state index contributed by atoms with van der Waals surface area (Å²) in [5.41, 5.74) is 0. The predicted octanol–water partition coefficient (Wildman–Crippen LogP) is 10.4. The summed E-state index contributed by atoms with van der Waals surface area (Å²) in [6.45, 7) is 2.37. The summed E-state index contributed by atoms with van der Waals surface area (Å²) >= 11 is 19.6. The van der Waals surface area contributed by atoms with E-state index in [0.29, 0.717) is 0 Å². The molecular formula is C22H39Cl3SSi. The molecule has 0 aliphatic heterocycles. The minimum Gasteiger partial charge on any atom is -0.149 e. The largest absolute Gasteiger partial charge is 0.341 e. The van der Waals surface area contributed by atoms with E-state index in [1.165, 1.54) is 89.9 Å². The molecule has 0 aliphatic rings. The summed E-state index contributed by atoms with van der Waals surface area (Å²) in [6.07, 6.45) is 20.5. The first kappa shape index (κ1) is 25.8. The zero-order valence-corrected chi connectivity index (χ0v) is 21.2. The van der Waals surface area contributed by atoms with Crippen LogP contribution in [0.15, 0.2) is 17.5 Å². The van der Waals surface area contributed by atoms with Crippen LogP contribution in [0, 0.1) is 0 Å². The molecule has 158 valence electrons. The normalized spacial score (nSPS) is 13.2. The van der Waals surface area contributed by atoms with Crippen molar-refractivity contribution in [1.29, 1.82) is 0 Å². The highest BCUT2D eigenvalue weighted by atomic mass is 35.8. The molecule has 0 saturated carbocycles. The fraction of sp³-hybridized carbons (Fsp3) is 0.818. The molecule has 0 bridgehead atoms. The molecule has 0 amide bonds. The molecule has 0 fully saturated rings. The van der Waals surface area contributed by atoms with Gasteiger partial charge in [0.1, 0.15) is 0 Å². The van der Waals surface area contributed by atoms with Crippen LogP contribution in [0.4, 0.5) is 0 Å². The number of thiophene rings is 1. The Bertz CT molecular complexity index is 431. The van der Waals surface area contributed by atoms with Gasteiger partial charge in [0.25, 0.3) is 0 Å². The van der Waals surface area contributed by atoms with Gasteiger partial charge in [-0.3, -0.25) is 0 Å². The van der Waals surface area contributed by atoms with E-state index in [4.69, 9.17) is 33.2 Å². The van der Waals surface area contributed by atoms with Gasteiger partial charge >= 0.3 is 6.00 Å². The third-order valence-electron chi connectivity index (χ3n) is 5.38. The maximum Gasteiger partial charge on any atom is 0.341 e. The van der Waals surface area contributed by atoms with E-state index in [-0.39, 0.29) is 0 Å². The Morgan fingerprint density at radius 2 is 1.19 bits per heavy atom. The lowest BCUT2D eigenvalue weighted by atomic mass is 10.00. The molecule has 0 nitrogen and oxygen atoms in total. The van der Waals surface area contributed by atoms with Gasteiger partial charge in [0.05, 0.1) is 0 Å². The Morgan fingerprint density at radius 3 is 1.59 bits per heavy atom. The van der Waals surface area contributed by atoms with Gasteiger partial charge < -0.3 is 0 Å². The maximum atomic E-state index is 5.89. The van der Waals surface area contributed by atoms with Gasteiger partial charge in [-0.25, -0.2) is 0 Å². The van der Waals surface area contributed by atoms with E-state index in [2.05, 4.69) is 24.4 Å². The van der Waals surface area contributed by atoms with Crippen LogP contribution < -0.4 is 0 Å². The summed E-state index contributed by atoms with van der Waals surface area (Å²) in [6, 6.07) is 2.92.